The van der Waals surface area contributed by atoms with Gasteiger partial charge >= 0.3 is 0 Å². The molecule has 1 unspecified atom stereocenters. The Morgan fingerprint density at radius 3 is 2.34 bits per heavy atom. The summed E-state index contributed by atoms with van der Waals surface area (Å²) in [5.41, 5.74) is 3.85. The Morgan fingerprint density at radius 1 is 0.955 bits per heavy atom. The van der Waals surface area contributed by atoms with E-state index in [4.69, 9.17) is 11.6 Å². The average Bonchev–Trinajstić information content (AvgIpc) is 3.42. The van der Waals surface area contributed by atoms with Gasteiger partial charge in [0.1, 0.15) is 5.82 Å². The molecule has 44 heavy (non-hydrogen) atoms. The number of thioether (sulfide) groups is 1. The van der Waals surface area contributed by atoms with E-state index >= 15 is 0 Å². The zero-order valence-electron chi connectivity index (χ0n) is 23.9. The fourth-order valence-electron chi connectivity index (χ4n) is 4.59. The maximum Gasteiger partial charge on any atom is 0.241 e. The topological polar surface area (TPSA) is 106 Å². The number of aromatic nitrogens is 3. The van der Waals surface area contributed by atoms with Crippen molar-refractivity contribution < 1.29 is 17.6 Å². The standard InChI is InChI=1S/C32H29ClFN5O3S2/c1-21-8-11-25(33)19-30(21)39-31(36-37-32(39)43-20-24-9-12-26(34)13-10-24)29(18-23-6-4-3-5-7-23)38-44(41,42)28-16-14-27(15-17-28)35-22(2)40/h3-17,19,29,38H,18,20H2,1-2H3,(H,35,40). The van der Waals surface area contributed by atoms with E-state index < -0.39 is 16.1 Å². The van der Waals surface area contributed by atoms with E-state index in [0.29, 0.717) is 33.1 Å². The van der Waals surface area contributed by atoms with E-state index in [0.717, 1.165) is 16.7 Å². The number of halogens is 2. The minimum atomic E-state index is -4.05. The Morgan fingerprint density at radius 2 is 1.66 bits per heavy atom. The molecule has 0 saturated carbocycles. The maximum atomic E-state index is 13.7. The average molecular weight is 650 g/mol. The van der Waals surface area contributed by atoms with Crippen molar-refractivity contribution >= 4 is 45.0 Å². The van der Waals surface area contributed by atoms with Gasteiger partial charge in [-0.2, -0.15) is 0 Å². The number of nitrogens with one attached hydrogen (secondary N) is 2. The highest BCUT2D eigenvalue weighted by molar-refractivity contribution is 7.98. The summed E-state index contributed by atoms with van der Waals surface area (Å²) in [4.78, 5) is 11.5. The van der Waals surface area contributed by atoms with Crippen LogP contribution in [0.3, 0.4) is 0 Å². The number of rotatable bonds is 11. The number of carbonyl (C=O) groups is 1. The highest BCUT2D eigenvalue weighted by Crippen LogP contribution is 2.32. The quantitative estimate of drug-likeness (QED) is 0.151. The molecule has 0 aliphatic carbocycles. The predicted molar refractivity (Wildman–Crippen MR) is 171 cm³/mol. The molecular formula is C32H29ClFN5O3S2. The Labute approximate surface area is 264 Å². The van der Waals surface area contributed by atoms with Gasteiger partial charge in [0.15, 0.2) is 11.0 Å². The van der Waals surface area contributed by atoms with Crippen molar-refractivity contribution in [3.63, 3.8) is 0 Å². The largest absolute Gasteiger partial charge is 0.326 e. The van der Waals surface area contributed by atoms with Crippen LogP contribution in [0.5, 0.6) is 0 Å². The number of sulfonamides is 1. The molecule has 0 saturated heterocycles. The molecule has 0 radical (unpaired) electrons. The van der Waals surface area contributed by atoms with E-state index in [9.17, 15) is 17.6 Å². The van der Waals surface area contributed by atoms with Gasteiger partial charge < -0.3 is 5.32 Å². The molecule has 0 spiro atoms. The van der Waals surface area contributed by atoms with E-state index in [2.05, 4.69) is 20.2 Å². The molecule has 1 atom stereocenters. The first kappa shape index (κ1) is 31.4. The summed E-state index contributed by atoms with van der Waals surface area (Å²) in [6, 6.07) is 26.3. The van der Waals surface area contributed by atoms with Gasteiger partial charge in [0.05, 0.1) is 16.6 Å². The van der Waals surface area contributed by atoms with Crippen LogP contribution in [0.4, 0.5) is 10.1 Å². The van der Waals surface area contributed by atoms with Crippen LogP contribution < -0.4 is 10.0 Å². The summed E-state index contributed by atoms with van der Waals surface area (Å²) in [5, 5.41) is 12.7. The van der Waals surface area contributed by atoms with Gasteiger partial charge in [0.2, 0.25) is 15.9 Å². The molecule has 0 aliphatic heterocycles. The Balaban J connectivity index is 1.57. The molecule has 2 N–H and O–H groups in total. The van der Waals surface area contributed by atoms with Gasteiger partial charge in [-0.1, -0.05) is 71.9 Å². The molecule has 1 aromatic heterocycles. The van der Waals surface area contributed by atoms with Gasteiger partial charge in [-0.05, 0) is 78.6 Å². The van der Waals surface area contributed by atoms with Gasteiger partial charge in [0.25, 0.3) is 0 Å². The van der Waals surface area contributed by atoms with Crippen LogP contribution in [0.15, 0.2) is 107 Å². The van der Waals surface area contributed by atoms with Crippen molar-refractivity contribution in [3.8, 4) is 5.69 Å². The normalized spacial score (nSPS) is 12.2. The molecule has 5 aromatic rings. The molecule has 4 aromatic carbocycles. The maximum absolute atomic E-state index is 13.7. The van der Waals surface area contributed by atoms with Gasteiger partial charge in [-0.15, -0.1) is 10.2 Å². The Hall–Kier alpha value is -4.03. The molecule has 12 heteroatoms. The van der Waals surface area contributed by atoms with Crippen molar-refractivity contribution in [2.45, 2.75) is 42.1 Å². The van der Waals surface area contributed by atoms with Crippen LogP contribution in [0, 0.1) is 12.7 Å². The van der Waals surface area contributed by atoms with E-state index in [-0.39, 0.29) is 23.0 Å². The third-order valence-electron chi connectivity index (χ3n) is 6.73. The molecular weight excluding hydrogens is 621 g/mol. The number of anilines is 1. The minimum absolute atomic E-state index is 0.0283. The van der Waals surface area contributed by atoms with Crippen molar-refractivity contribution in [2.75, 3.05) is 5.32 Å². The van der Waals surface area contributed by atoms with Gasteiger partial charge in [-0.3, -0.25) is 9.36 Å². The molecule has 0 bridgehead atoms. The zero-order chi connectivity index (χ0) is 31.3. The molecule has 0 fully saturated rings. The second kappa shape index (κ2) is 13.7. The first-order chi connectivity index (χ1) is 21.1. The molecule has 226 valence electrons. The molecule has 5 rings (SSSR count). The SMILES string of the molecule is CC(=O)Nc1ccc(S(=O)(=O)NC(Cc2ccccc2)c2nnc(SCc3ccc(F)cc3)n2-c2cc(Cl)ccc2C)cc1. The van der Waals surface area contributed by atoms with E-state index in [1.807, 2.05) is 47.9 Å². The third-order valence-corrected chi connectivity index (χ3v) is 9.45. The number of nitrogens with zero attached hydrogens (tertiary/aromatic N) is 3. The minimum Gasteiger partial charge on any atom is -0.326 e. The molecule has 8 nitrogen and oxygen atoms in total. The summed E-state index contributed by atoms with van der Waals surface area (Å²) in [6.07, 6.45) is 0.282. The highest BCUT2D eigenvalue weighted by atomic mass is 35.5. The lowest BCUT2D eigenvalue weighted by molar-refractivity contribution is -0.114. The van der Waals surface area contributed by atoms with E-state index in [1.54, 1.807) is 24.3 Å². The van der Waals surface area contributed by atoms with Crippen molar-refractivity contribution in [1.29, 1.82) is 0 Å². The first-order valence-electron chi connectivity index (χ1n) is 13.6. The lowest BCUT2D eigenvalue weighted by Gasteiger charge is -2.21. The molecule has 1 heterocycles. The predicted octanol–water partition coefficient (Wildman–Crippen LogP) is 6.88. The van der Waals surface area contributed by atoms with Crippen molar-refractivity contribution in [2.24, 2.45) is 0 Å². The fourth-order valence-corrected chi connectivity index (χ4v) is 6.86. The van der Waals surface area contributed by atoms with Crippen LogP contribution in [0.2, 0.25) is 5.02 Å². The van der Waals surface area contributed by atoms with Crippen molar-refractivity contribution in [3.05, 3.63) is 130 Å². The monoisotopic (exact) mass is 649 g/mol. The molecule has 1 amide bonds. The van der Waals surface area contributed by atoms with Crippen LogP contribution in [-0.4, -0.2) is 29.1 Å². The number of benzene rings is 4. The van der Waals surface area contributed by atoms with Crippen LogP contribution in [0.1, 0.15) is 35.5 Å². The second-order valence-electron chi connectivity index (χ2n) is 10.1. The molecule has 0 aliphatic rings. The van der Waals surface area contributed by atoms with Crippen molar-refractivity contribution in [1.82, 2.24) is 19.5 Å². The summed E-state index contributed by atoms with van der Waals surface area (Å²) in [6.45, 7) is 3.31. The van der Waals surface area contributed by atoms with Crippen LogP contribution in [-0.2, 0) is 27.0 Å². The van der Waals surface area contributed by atoms with Gasteiger partial charge in [-0.25, -0.2) is 17.5 Å². The lowest BCUT2D eigenvalue weighted by atomic mass is 10.1. The number of hydrogen-bond acceptors (Lipinski definition) is 6. The second-order valence-corrected chi connectivity index (χ2v) is 13.2. The number of aryl methyl sites for hydroxylation is 1. The van der Waals surface area contributed by atoms with Gasteiger partial charge in [0, 0.05) is 23.4 Å². The summed E-state index contributed by atoms with van der Waals surface area (Å²) < 4.78 is 45.7. The number of hydrogen-bond donors (Lipinski definition) is 2. The van der Waals surface area contributed by atoms with E-state index in [1.165, 1.54) is 55.1 Å². The summed E-state index contributed by atoms with van der Waals surface area (Å²) in [5.74, 6) is 0.275. The first-order valence-corrected chi connectivity index (χ1v) is 16.5. The fraction of sp³-hybridized carbons (Fsp3) is 0.156. The highest BCUT2D eigenvalue weighted by Gasteiger charge is 2.29. The Kier molecular flexibility index (Phi) is 9.80. The number of amides is 1. The van der Waals surface area contributed by atoms with Crippen LogP contribution in [0.25, 0.3) is 5.69 Å². The summed E-state index contributed by atoms with van der Waals surface area (Å²) in [7, 11) is -4.05. The smallest absolute Gasteiger partial charge is 0.241 e. The number of carbonyl (C=O) groups excluding carboxylic acids is 1. The zero-order valence-corrected chi connectivity index (χ0v) is 26.3. The third kappa shape index (κ3) is 7.72. The van der Waals surface area contributed by atoms with Crippen LogP contribution >= 0.6 is 23.4 Å². The lowest BCUT2D eigenvalue weighted by Crippen LogP contribution is -2.32. The Bertz CT molecular complexity index is 1870. The summed E-state index contributed by atoms with van der Waals surface area (Å²) >= 11 is 7.82.